The summed E-state index contributed by atoms with van der Waals surface area (Å²) < 4.78 is 0. The van der Waals surface area contributed by atoms with Gasteiger partial charge in [0.25, 0.3) is 0 Å². The summed E-state index contributed by atoms with van der Waals surface area (Å²) in [7, 11) is 0. The summed E-state index contributed by atoms with van der Waals surface area (Å²) in [6, 6.07) is 15.2. The number of hydrogen-bond acceptors (Lipinski definition) is 3. The van der Waals surface area contributed by atoms with Crippen LogP contribution in [0, 0.1) is 0 Å². The first kappa shape index (κ1) is 14.7. The van der Waals surface area contributed by atoms with Crippen LogP contribution in [-0.2, 0) is 0 Å². The largest absolute Gasteiger partial charge is 0.507 e. The smallest absolute Gasteiger partial charge is 0.124 e. The second-order valence-electron chi connectivity index (χ2n) is 5.36. The molecule has 0 spiro atoms. The maximum atomic E-state index is 10.1. The van der Waals surface area contributed by atoms with Crippen LogP contribution in [0.15, 0.2) is 59.6 Å². The van der Waals surface area contributed by atoms with E-state index in [1.807, 2.05) is 36.4 Å². The minimum Gasteiger partial charge on any atom is -0.507 e. The predicted molar refractivity (Wildman–Crippen MR) is 91.5 cm³/mol. The van der Waals surface area contributed by atoms with Crippen LogP contribution in [0.4, 0.5) is 0 Å². The molecule has 2 N–H and O–H groups in total. The number of phenolic OH excluding ortho intramolecular Hbond substituents is 1. The quantitative estimate of drug-likeness (QED) is 0.884. The Kier molecular flexibility index (Phi) is 4.16. The first-order chi connectivity index (χ1) is 10.6. The van der Waals surface area contributed by atoms with Crippen LogP contribution in [-0.4, -0.2) is 23.4 Å². The Bertz CT molecular complexity index is 738. The summed E-state index contributed by atoms with van der Waals surface area (Å²) in [4.78, 5) is 4.67. The zero-order valence-corrected chi connectivity index (χ0v) is 13.0. The third-order valence-corrected chi connectivity index (χ3v) is 3.77. The number of nitrogens with one attached hydrogen (secondary N) is 1. The van der Waals surface area contributed by atoms with Crippen molar-refractivity contribution in [3.63, 3.8) is 0 Å². The van der Waals surface area contributed by atoms with Gasteiger partial charge in [0.05, 0.1) is 12.3 Å². The lowest BCUT2D eigenvalue weighted by Crippen LogP contribution is -2.26. The van der Waals surface area contributed by atoms with Crippen molar-refractivity contribution in [1.29, 1.82) is 0 Å². The number of rotatable bonds is 2. The molecule has 0 radical (unpaired) electrons. The topological polar surface area (TPSA) is 44.6 Å². The lowest BCUT2D eigenvalue weighted by Gasteiger charge is -2.15. The van der Waals surface area contributed by atoms with E-state index >= 15 is 0 Å². The highest BCUT2D eigenvalue weighted by Gasteiger charge is 2.15. The number of allylic oxidation sites excluding steroid dienone is 1. The van der Waals surface area contributed by atoms with E-state index in [0.29, 0.717) is 17.1 Å². The summed E-state index contributed by atoms with van der Waals surface area (Å²) in [5.74, 6) is 0.199. The number of hydrogen-bond donors (Lipinski definition) is 2. The van der Waals surface area contributed by atoms with Crippen molar-refractivity contribution in [1.82, 2.24) is 5.32 Å². The molecule has 112 valence electrons. The van der Waals surface area contributed by atoms with E-state index < -0.39 is 0 Å². The molecule has 3 nitrogen and oxygen atoms in total. The van der Waals surface area contributed by atoms with Crippen LogP contribution in [0.1, 0.15) is 18.1 Å². The molecule has 1 aliphatic heterocycles. The summed E-state index contributed by atoms with van der Waals surface area (Å²) in [5.41, 5.74) is 3.46. The Morgan fingerprint density at radius 3 is 2.73 bits per heavy atom. The number of aromatic hydroxyl groups is 1. The van der Waals surface area contributed by atoms with Gasteiger partial charge in [-0.2, -0.15) is 0 Å². The highest BCUT2D eigenvalue weighted by atomic mass is 35.5. The second kappa shape index (κ2) is 6.24. The molecule has 1 aliphatic rings. The Morgan fingerprint density at radius 1 is 1.18 bits per heavy atom. The molecule has 0 fully saturated rings. The van der Waals surface area contributed by atoms with Crippen LogP contribution in [0.3, 0.4) is 0 Å². The fourth-order valence-corrected chi connectivity index (χ4v) is 2.61. The van der Waals surface area contributed by atoms with Gasteiger partial charge < -0.3 is 10.4 Å². The number of benzene rings is 2. The lowest BCUT2D eigenvalue weighted by molar-refractivity contribution is 0.472. The molecule has 0 bridgehead atoms. The Balaban J connectivity index is 2.07. The molecule has 0 aliphatic carbocycles. The molecule has 2 aromatic rings. The third kappa shape index (κ3) is 3.15. The van der Waals surface area contributed by atoms with Gasteiger partial charge in [-0.15, -0.1) is 0 Å². The highest BCUT2D eigenvalue weighted by Crippen LogP contribution is 2.28. The van der Waals surface area contributed by atoms with Crippen molar-refractivity contribution in [2.24, 2.45) is 4.99 Å². The highest BCUT2D eigenvalue weighted by molar-refractivity contribution is 6.30. The summed E-state index contributed by atoms with van der Waals surface area (Å²) in [5, 5.41) is 14.1. The molecular weight excluding hydrogens is 296 g/mol. The Morgan fingerprint density at radius 2 is 1.95 bits per heavy atom. The van der Waals surface area contributed by atoms with Crippen molar-refractivity contribution in [3.8, 4) is 5.75 Å². The molecule has 0 saturated heterocycles. The minimum absolute atomic E-state index is 0.172. The van der Waals surface area contributed by atoms with Crippen molar-refractivity contribution < 1.29 is 5.11 Å². The molecule has 0 saturated carbocycles. The first-order valence-electron chi connectivity index (χ1n) is 7.20. The van der Waals surface area contributed by atoms with E-state index in [1.165, 1.54) is 0 Å². The normalized spacial score (nSPS) is 18.0. The van der Waals surface area contributed by atoms with Crippen LogP contribution in [0.5, 0.6) is 5.75 Å². The third-order valence-electron chi connectivity index (χ3n) is 3.54. The molecule has 1 atom stereocenters. The number of aliphatic imine (C=N–C) groups is 1. The number of phenols is 1. The van der Waals surface area contributed by atoms with Crippen molar-refractivity contribution in [2.75, 3.05) is 6.54 Å². The van der Waals surface area contributed by atoms with Crippen LogP contribution in [0.2, 0.25) is 5.02 Å². The molecule has 2 aromatic carbocycles. The summed E-state index contributed by atoms with van der Waals surface area (Å²) in [6.45, 7) is 2.73. The van der Waals surface area contributed by atoms with Gasteiger partial charge in [-0.05, 0) is 36.8 Å². The summed E-state index contributed by atoms with van der Waals surface area (Å²) in [6.07, 6.45) is 1.96. The Hall–Kier alpha value is -2.26. The molecule has 0 unspecified atom stereocenters. The molecule has 0 amide bonds. The van der Waals surface area contributed by atoms with E-state index in [9.17, 15) is 5.11 Å². The van der Waals surface area contributed by atoms with Gasteiger partial charge in [-0.25, -0.2) is 0 Å². The van der Waals surface area contributed by atoms with Gasteiger partial charge in [-0.1, -0.05) is 41.9 Å². The average Bonchev–Trinajstić information content (AvgIpc) is 2.72. The molecule has 22 heavy (non-hydrogen) atoms. The average molecular weight is 313 g/mol. The number of nitrogens with zero attached hydrogens (tertiary/aromatic N) is 1. The van der Waals surface area contributed by atoms with Gasteiger partial charge in [0.15, 0.2) is 0 Å². The fraction of sp³-hybridized carbons (Fsp3) is 0.167. The van der Waals surface area contributed by atoms with Gasteiger partial charge in [0.1, 0.15) is 5.75 Å². The first-order valence-corrected chi connectivity index (χ1v) is 7.58. The van der Waals surface area contributed by atoms with Gasteiger partial charge >= 0.3 is 0 Å². The molecular formula is C18H17ClN2O. The van der Waals surface area contributed by atoms with Gasteiger partial charge in [0, 0.05) is 22.3 Å². The zero-order chi connectivity index (χ0) is 15.5. The standard InChI is InChI=1S/C18H17ClN2O/c1-12-11-20-16(13-5-3-2-4-6-13)10-17(21-12)15-9-14(19)7-8-18(15)22/h2-10,12,21-22H,11H2,1H3/t12-/m0/s1. The van der Waals surface area contributed by atoms with Gasteiger partial charge in [0.2, 0.25) is 0 Å². The molecule has 3 rings (SSSR count). The molecule has 4 heteroatoms. The van der Waals surface area contributed by atoms with E-state index in [4.69, 9.17) is 11.6 Å². The van der Waals surface area contributed by atoms with Crippen molar-refractivity contribution >= 4 is 23.0 Å². The summed E-state index contributed by atoms with van der Waals surface area (Å²) >= 11 is 6.07. The fourth-order valence-electron chi connectivity index (χ4n) is 2.43. The van der Waals surface area contributed by atoms with E-state index in [0.717, 1.165) is 17.0 Å². The number of halogens is 1. The zero-order valence-electron chi connectivity index (χ0n) is 12.3. The van der Waals surface area contributed by atoms with Crippen molar-refractivity contribution in [2.45, 2.75) is 13.0 Å². The van der Waals surface area contributed by atoms with Crippen LogP contribution in [0.25, 0.3) is 5.70 Å². The van der Waals surface area contributed by atoms with Crippen molar-refractivity contribution in [3.05, 3.63) is 70.8 Å². The minimum atomic E-state index is 0.172. The van der Waals surface area contributed by atoms with Crippen LogP contribution < -0.4 is 5.32 Å². The lowest BCUT2D eigenvalue weighted by atomic mass is 10.1. The maximum absolute atomic E-state index is 10.1. The van der Waals surface area contributed by atoms with Crippen LogP contribution >= 0.6 is 11.6 Å². The van der Waals surface area contributed by atoms with Gasteiger partial charge in [-0.3, -0.25) is 4.99 Å². The second-order valence-corrected chi connectivity index (χ2v) is 5.79. The Labute approximate surface area is 135 Å². The maximum Gasteiger partial charge on any atom is 0.124 e. The van der Waals surface area contributed by atoms with E-state index in [-0.39, 0.29) is 11.8 Å². The monoisotopic (exact) mass is 312 g/mol. The molecule has 1 heterocycles. The molecule has 0 aromatic heterocycles. The van der Waals surface area contributed by atoms with E-state index in [1.54, 1.807) is 18.2 Å². The van der Waals surface area contributed by atoms with E-state index in [2.05, 4.69) is 17.2 Å². The SMILES string of the molecule is C[C@H]1CN=C(c2ccccc2)C=C(c2cc(Cl)ccc2O)N1. The predicted octanol–water partition coefficient (Wildman–Crippen LogP) is 3.87.